The number of fused-ring (bicyclic) bond motifs is 1. The standard InChI is InChI=1S/C21H30N4O4S.C2H6/c1-13-10-18-17(11-16(13)20(27)24(3)15-6-5-7-22-12-15)25(19(26)14(2)30-18)9-8-23-21(28)29-4;1-2/h10-11,14-15,22H,5-9,12H2,1-4H3,(H,23,28);1-2H3/t14?,15-;/m1./s1. The second-order valence-electron chi connectivity index (χ2n) is 7.72. The summed E-state index contributed by atoms with van der Waals surface area (Å²) < 4.78 is 4.59. The van der Waals surface area contributed by atoms with Crippen LogP contribution in [0.5, 0.6) is 0 Å². The van der Waals surface area contributed by atoms with Gasteiger partial charge in [0.15, 0.2) is 0 Å². The zero-order valence-electron chi connectivity index (χ0n) is 20.0. The number of hydrogen-bond acceptors (Lipinski definition) is 6. The molecule has 1 aromatic carbocycles. The largest absolute Gasteiger partial charge is 0.453 e. The number of nitrogens with one attached hydrogen (secondary N) is 2. The second-order valence-corrected chi connectivity index (χ2v) is 9.10. The Balaban J connectivity index is 0.00000176. The van der Waals surface area contributed by atoms with Gasteiger partial charge in [-0.05, 0) is 50.9 Å². The van der Waals surface area contributed by atoms with Crippen molar-refractivity contribution in [3.63, 3.8) is 0 Å². The van der Waals surface area contributed by atoms with E-state index in [-0.39, 0.29) is 29.7 Å². The molecule has 1 unspecified atom stereocenters. The number of carbonyl (C=O) groups excluding carboxylic acids is 3. The molecule has 178 valence electrons. The summed E-state index contributed by atoms with van der Waals surface area (Å²) in [6.07, 6.45) is 1.50. The highest BCUT2D eigenvalue weighted by Crippen LogP contribution is 2.40. The van der Waals surface area contributed by atoms with Crippen molar-refractivity contribution >= 4 is 35.4 Å². The normalized spacial score (nSPS) is 19.9. The van der Waals surface area contributed by atoms with Crippen LogP contribution in [0.4, 0.5) is 10.5 Å². The van der Waals surface area contributed by atoms with Gasteiger partial charge in [0, 0.05) is 43.2 Å². The first-order valence-corrected chi connectivity index (χ1v) is 12.1. The number of rotatable bonds is 5. The van der Waals surface area contributed by atoms with Crippen molar-refractivity contribution in [2.45, 2.75) is 56.7 Å². The molecule has 0 radical (unpaired) electrons. The van der Waals surface area contributed by atoms with E-state index in [4.69, 9.17) is 0 Å². The lowest BCUT2D eigenvalue weighted by Gasteiger charge is -2.35. The number of carbonyl (C=O) groups is 3. The number of anilines is 1. The Kier molecular flexibility index (Phi) is 9.84. The molecule has 3 amide bonds. The number of amides is 3. The van der Waals surface area contributed by atoms with Gasteiger partial charge in [-0.2, -0.15) is 0 Å². The zero-order chi connectivity index (χ0) is 23.8. The smallest absolute Gasteiger partial charge is 0.406 e. The van der Waals surface area contributed by atoms with Gasteiger partial charge in [0.25, 0.3) is 5.91 Å². The van der Waals surface area contributed by atoms with E-state index in [2.05, 4.69) is 15.4 Å². The first-order chi connectivity index (χ1) is 15.3. The summed E-state index contributed by atoms with van der Waals surface area (Å²) in [4.78, 5) is 41.9. The van der Waals surface area contributed by atoms with Gasteiger partial charge >= 0.3 is 6.09 Å². The van der Waals surface area contributed by atoms with Gasteiger partial charge in [-0.15, -0.1) is 11.8 Å². The van der Waals surface area contributed by atoms with Gasteiger partial charge in [0.1, 0.15) is 0 Å². The number of aryl methyl sites for hydroxylation is 1. The van der Waals surface area contributed by atoms with Gasteiger partial charge in [-0.25, -0.2) is 4.79 Å². The third-order valence-corrected chi connectivity index (χ3v) is 6.81. The molecule has 0 aliphatic carbocycles. The molecule has 1 aromatic rings. The average Bonchev–Trinajstić information content (AvgIpc) is 2.82. The SMILES string of the molecule is CC.COC(=O)NCCN1C(=O)C(C)Sc2cc(C)c(C(=O)N(C)[C@@H]3CCCNC3)cc21. The Morgan fingerprint density at radius 3 is 2.69 bits per heavy atom. The summed E-state index contributed by atoms with van der Waals surface area (Å²) in [5.74, 6) is -0.0704. The number of hydrogen-bond donors (Lipinski definition) is 2. The molecule has 32 heavy (non-hydrogen) atoms. The highest BCUT2D eigenvalue weighted by molar-refractivity contribution is 8.01. The molecule has 0 saturated carbocycles. The maximum absolute atomic E-state index is 13.3. The summed E-state index contributed by atoms with van der Waals surface area (Å²) >= 11 is 1.50. The number of methoxy groups -OCH3 is 1. The van der Waals surface area contributed by atoms with Crippen LogP contribution in [0.3, 0.4) is 0 Å². The number of benzene rings is 1. The van der Waals surface area contributed by atoms with Gasteiger partial charge in [-0.3, -0.25) is 9.59 Å². The van der Waals surface area contributed by atoms with Crippen LogP contribution in [0, 0.1) is 6.92 Å². The number of alkyl carbamates (subject to hydrolysis) is 1. The number of likely N-dealkylation sites (N-methyl/N-ethyl adjacent to an activating group) is 1. The van der Waals surface area contributed by atoms with Gasteiger partial charge in [-0.1, -0.05) is 13.8 Å². The minimum absolute atomic E-state index is 0.0345. The van der Waals surface area contributed by atoms with E-state index in [1.807, 2.05) is 51.8 Å². The molecule has 2 heterocycles. The summed E-state index contributed by atoms with van der Waals surface area (Å²) in [5, 5.41) is 5.73. The first-order valence-electron chi connectivity index (χ1n) is 11.3. The van der Waals surface area contributed by atoms with Crippen molar-refractivity contribution in [1.82, 2.24) is 15.5 Å². The van der Waals surface area contributed by atoms with E-state index in [1.54, 1.807) is 4.90 Å². The fraction of sp³-hybridized carbons (Fsp3) is 0.609. The predicted octanol–water partition coefficient (Wildman–Crippen LogP) is 3.03. The minimum Gasteiger partial charge on any atom is -0.453 e. The Morgan fingerprint density at radius 1 is 1.34 bits per heavy atom. The molecule has 1 fully saturated rings. The lowest BCUT2D eigenvalue weighted by atomic mass is 10.0. The van der Waals surface area contributed by atoms with E-state index >= 15 is 0 Å². The van der Waals surface area contributed by atoms with E-state index in [0.29, 0.717) is 12.1 Å². The highest BCUT2D eigenvalue weighted by Gasteiger charge is 2.33. The van der Waals surface area contributed by atoms with Crippen LogP contribution >= 0.6 is 11.8 Å². The van der Waals surface area contributed by atoms with Crippen LogP contribution in [-0.2, 0) is 9.53 Å². The van der Waals surface area contributed by atoms with Crippen molar-refractivity contribution in [3.8, 4) is 0 Å². The van der Waals surface area contributed by atoms with E-state index in [0.717, 1.165) is 42.1 Å². The van der Waals surface area contributed by atoms with Crippen molar-refractivity contribution in [2.75, 3.05) is 45.2 Å². The molecule has 9 heteroatoms. The van der Waals surface area contributed by atoms with Crippen LogP contribution in [0.15, 0.2) is 17.0 Å². The Bertz CT molecular complexity index is 826. The first kappa shape index (κ1) is 26.0. The summed E-state index contributed by atoms with van der Waals surface area (Å²) in [5.41, 5.74) is 2.23. The maximum atomic E-state index is 13.3. The van der Waals surface area contributed by atoms with Gasteiger partial charge in [0.05, 0.1) is 18.0 Å². The topological polar surface area (TPSA) is 91.0 Å². The van der Waals surface area contributed by atoms with Gasteiger partial charge in [0.2, 0.25) is 5.91 Å². The zero-order valence-corrected chi connectivity index (χ0v) is 20.8. The summed E-state index contributed by atoms with van der Waals surface area (Å²) in [7, 11) is 3.15. The molecule has 8 nitrogen and oxygen atoms in total. The molecule has 1 saturated heterocycles. The summed E-state index contributed by atoms with van der Waals surface area (Å²) in [6, 6.07) is 3.98. The fourth-order valence-electron chi connectivity index (χ4n) is 3.88. The number of ether oxygens (including phenoxy) is 1. The molecule has 0 aromatic heterocycles. The van der Waals surface area contributed by atoms with Crippen LogP contribution in [0.25, 0.3) is 0 Å². The number of thioether (sulfide) groups is 1. The Labute approximate surface area is 195 Å². The molecule has 2 aliphatic rings. The minimum atomic E-state index is -0.537. The maximum Gasteiger partial charge on any atom is 0.406 e. The molecular formula is C23H36N4O4S. The van der Waals surface area contributed by atoms with E-state index in [9.17, 15) is 14.4 Å². The second kappa shape index (κ2) is 12.1. The van der Waals surface area contributed by atoms with Gasteiger partial charge < -0.3 is 25.2 Å². The van der Waals surface area contributed by atoms with Crippen LogP contribution in [-0.4, -0.2) is 74.4 Å². The van der Waals surface area contributed by atoms with Crippen molar-refractivity contribution in [1.29, 1.82) is 0 Å². The van der Waals surface area contributed by atoms with Crippen molar-refractivity contribution in [2.24, 2.45) is 0 Å². The Hall–Kier alpha value is -2.26. The molecular weight excluding hydrogens is 428 g/mol. The molecule has 2 N–H and O–H groups in total. The van der Waals surface area contributed by atoms with E-state index < -0.39 is 6.09 Å². The van der Waals surface area contributed by atoms with Crippen molar-refractivity contribution < 1.29 is 19.1 Å². The lowest BCUT2D eigenvalue weighted by molar-refractivity contribution is -0.118. The predicted molar refractivity (Wildman–Crippen MR) is 129 cm³/mol. The average molecular weight is 465 g/mol. The molecule has 3 rings (SSSR count). The highest BCUT2D eigenvalue weighted by atomic mass is 32.2. The third-order valence-electron chi connectivity index (χ3n) is 5.67. The van der Waals surface area contributed by atoms with E-state index in [1.165, 1.54) is 18.9 Å². The molecule has 0 spiro atoms. The Morgan fingerprint density at radius 2 is 2.06 bits per heavy atom. The third kappa shape index (κ3) is 5.95. The van der Waals surface area contributed by atoms with Crippen LogP contribution < -0.4 is 15.5 Å². The van der Waals surface area contributed by atoms with Crippen molar-refractivity contribution in [3.05, 3.63) is 23.3 Å². The molecule has 0 bridgehead atoms. The lowest BCUT2D eigenvalue weighted by Crippen LogP contribution is -2.47. The summed E-state index contributed by atoms with van der Waals surface area (Å²) in [6.45, 7) is 10.2. The monoisotopic (exact) mass is 464 g/mol. The number of nitrogens with zero attached hydrogens (tertiary/aromatic N) is 2. The fourth-order valence-corrected chi connectivity index (χ4v) is 5.02. The van der Waals surface area contributed by atoms with Crippen LogP contribution in [0.2, 0.25) is 0 Å². The van der Waals surface area contributed by atoms with Crippen LogP contribution in [0.1, 0.15) is 49.5 Å². The number of piperidine rings is 1. The quantitative estimate of drug-likeness (QED) is 0.696. The molecule has 2 aliphatic heterocycles. The molecule has 2 atom stereocenters.